The van der Waals surface area contributed by atoms with Gasteiger partial charge in [0.15, 0.2) is 5.78 Å². The van der Waals surface area contributed by atoms with E-state index in [0.717, 1.165) is 30.0 Å². The van der Waals surface area contributed by atoms with Gasteiger partial charge in [-0.2, -0.15) is 18.3 Å². The van der Waals surface area contributed by atoms with Gasteiger partial charge in [-0.15, -0.1) is 0 Å². The molecule has 124 valence electrons. The van der Waals surface area contributed by atoms with Gasteiger partial charge in [-0.05, 0) is 25.5 Å². The lowest BCUT2D eigenvalue weighted by Crippen LogP contribution is -2.14. The fourth-order valence-electron chi connectivity index (χ4n) is 2.06. The van der Waals surface area contributed by atoms with Crippen LogP contribution in [-0.4, -0.2) is 22.4 Å². The van der Waals surface area contributed by atoms with Crippen LogP contribution in [0.2, 0.25) is 0 Å². The second-order valence-corrected chi connectivity index (χ2v) is 6.34. The van der Waals surface area contributed by atoms with E-state index in [-0.39, 0.29) is 5.56 Å². The zero-order valence-electron chi connectivity index (χ0n) is 12.9. The van der Waals surface area contributed by atoms with Crippen LogP contribution in [0, 0.1) is 0 Å². The van der Waals surface area contributed by atoms with E-state index in [1.165, 1.54) is 30.0 Å². The van der Waals surface area contributed by atoms with E-state index >= 15 is 0 Å². The highest BCUT2D eigenvalue weighted by atomic mass is 32.2. The van der Waals surface area contributed by atoms with Crippen LogP contribution >= 0.6 is 11.8 Å². The molecular weight excluding hydrogens is 325 g/mol. The molecule has 0 amide bonds. The Morgan fingerprint density at radius 3 is 2.78 bits per heavy atom. The van der Waals surface area contributed by atoms with Crippen molar-refractivity contribution in [1.82, 2.24) is 5.01 Å². The predicted molar refractivity (Wildman–Crippen MR) is 86.2 cm³/mol. The Bertz CT molecular complexity index is 653. The molecule has 0 N–H and O–H groups in total. The molecule has 1 aromatic carbocycles. The number of ketones is 1. The maximum Gasteiger partial charge on any atom is 0.416 e. The van der Waals surface area contributed by atoms with Gasteiger partial charge in [0.1, 0.15) is 5.03 Å². The molecule has 2 rings (SSSR count). The molecular formula is C16H17F3N2OS. The molecule has 0 spiro atoms. The monoisotopic (exact) mass is 342 g/mol. The van der Waals surface area contributed by atoms with Crippen molar-refractivity contribution in [3.05, 3.63) is 46.5 Å². The second kappa shape index (κ2) is 7.21. The Kier molecular flexibility index (Phi) is 5.51. The van der Waals surface area contributed by atoms with Crippen molar-refractivity contribution in [3.63, 3.8) is 0 Å². The summed E-state index contributed by atoms with van der Waals surface area (Å²) in [7, 11) is 0. The Hall–Kier alpha value is -1.76. The topological polar surface area (TPSA) is 32.7 Å². The number of hydrogen-bond acceptors (Lipinski definition) is 4. The van der Waals surface area contributed by atoms with Crippen LogP contribution in [-0.2, 0) is 6.18 Å². The van der Waals surface area contributed by atoms with Crippen LogP contribution in [0.1, 0.15) is 42.6 Å². The number of benzene rings is 1. The largest absolute Gasteiger partial charge is 0.416 e. The first-order valence-corrected chi connectivity index (χ1v) is 8.07. The molecule has 1 aliphatic heterocycles. The summed E-state index contributed by atoms with van der Waals surface area (Å²) in [6, 6.07) is 4.46. The molecule has 1 aromatic rings. The minimum Gasteiger partial charge on any atom is -0.289 e. The maximum atomic E-state index is 12.7. The van der Waals surface area contributed by atoms with E-state index in [2.05, 4.69) is 12.0 Å². The van der Waals surface area contributed by atoms with E-state index in [4.69, 9.17) is 0 Å². The Balaban J connectivity index is 2.20. The summed E-state index contributed by atoms with van der Waals surface area (Å²) in [5, 5.41) is 7.52. The smallest absolute Gasteiger partial charge is 0.289 e. The molecule has 0 atom stereocenters. The van der Waals surface area contributed by atoms with E-state index < -0.39 is 17.5 Å². The van der Waals surface area contributed by atoms with Crippen molar-refractivity contribution >= 4 is 22.6 Å². The highest BCUT2D eigenvalue weighted by Gasteiger charge is 2.31. The fourth-order valence-corrected chi connectivity index (χ4v) is 2.91. The number of halogens is 3. The van der Waals surface area contributed by atoms with E-state index in [1.807, 2.05) is 6.92 Å². The number of rotatable bonds is 5. The first kappa shape index (κ1) is 17.6. The molecule has 0 unspecified atom stereocenters. The summed E-state index contributed by atoms with van der Waals surface area (Å²) in [6.07, 6.45) is -1.19. The Morgan fingerprint density at radius 2 is 2.13 bits per heavy atom. The van der Waals surface area contributed by atoms with Gasteiger partial charge in [-0.25, -0.2) is 0 Å². The SMILES string of the molecule is CCCCN1N=C(C)SC1=CC(=O)c1cccc(C(F)(F)F)c1. The third-order valence-electron chi connectivity index (χ3n) is 3.22. The van der Waals surface area contributed by atoms with Crippen LogP contribution in [0.4, 0.5) is 13.2 Å². The van der Waals surface area contributed by atoms with Crippen LogP contribution in [0.3, 0.4) is 0 Å². The predicted octanol–water partition coefficient (Wildman–Crippen LogP) is 4.91. The van der Waals surface area contributed by atoms with Crippen molar-refractivity contribution in [2.24, 2.45) is 5.10 Å². The molecule has 0 aliphatic carbocycles. The van der Waals surface area contributed by atoms with Gasteiger partial charge in [0.05, 0.1) is 10.6 Å². The minimum atomic E-state index is -4.46. The number of hydrazone groups is 1. The molecule has 1 aliphatic rings. The van der Waals surface area contributed by atoms with E-state index in [0.29, 0.717) is 11.6 Å². The van der Waals surface area contributed by atoms with Gasteiger partial charge in [0, 0.05) is 18.2 Å². The first-order valence-electron chi connectivity index (χ1n) is 7.25. The van der Waals surface area contributed by atoms with Crippen molar-refractivity contribution in [2.75, 3.05) is 6.54 Å². The Labute approximate surface area is 137 Å². The van der Waals surface area contributed by atoms with Crippen molar-refractivity contribution in [2.45, 2.75) is 32.9 Å². The molecule has 23 heavy (non-hydrogen) atoms. The molecule has 0 fully saturated rings. The lowest BCUT2D eigenvalue weighted by atomic mass is 10.1. The first-order chi connectivity index (χ1) is 10.8. The molecule has 0 saturated carbocycles. The summed E-state index contributed by atoms with van der Waals surface area (Å²) in [6.45, 7) is 4.57. The minimum absolute atomic E-state index is 0.0212. The van der Waals surface area contributed by atoms with Gasteiger partial charge >= 0.3 is 6.18 Å². The Morgan fingerprint density at radius 1 is 1.39 bits per heavy atom. The number of carbonyl (C=O) groups is 1. The summed E-state index contributed by atoms with van der Waals surface area (Å²) in [4.78, 5) is 12.3. The van der Waals surface area contributed by atoms with E-state index in [9.17, 15) is 18.0 Å². The summed E-state index contributed by atoms with van der Waals surface area (Å²) < 4.78 is 38.2. The third-order valence-corrected chi connectivity index (χ3v) is 4.14. The highest BCUT2D eigenvalue weighted by Crippen LogP contribution is 2.32. The lowest BCUT2D eigenvalue weighted by Gasteiger charge is -2.14. The highest BCUT2D eigenvalue weighted by molar-refractivity contribution is 8.17. The summed E-state index contributed by atoms with van der Waals surface area (Å²) in [5.41, 5.74) is -0.802. The number of nitrogens with zero attached hydrogens (tertiary/aromatic N) is 2. The van der Waals surface area contributed by atoms with Crippen LogP contribution in [0.15, 0.2) is 40.5 Å². The molecule has 0 saturated heterocycles. The number of hydrogen-bond donors (Lipinski definition) is 0. The van der Waals surface area contributed by atoms with Crippen molar-refractivity contribution in [3.8, 4) is 0 Å². The number of unbranched alkanes of at least 4 members (excludes halogenated alkanes) is 1. The summed E-state index contributed by atoms with van der Waals surface area (Å²) in [5.74, 6) is -0.454. The quantitative estimate of drug-likeness (QED) is 0.563. The van der Waals surface area contributed by atoms with E-state index in [1.54, 1.807) is 5.01 Å². The molecule has 0 aromatic heterocycles. The van der Waals surface area contributed by atoms with Crippen LogP contribution < -0.4 is 0 Å². The second-order valence-electron chi connectivity index (χ2n) is 5.12. The zero-order chi connectivity index (χ0) is 17.0. The van der Waals surface area contributed by atoms with Crippen molar-refractivity contribution in [1.29, 1.82) is 0 Å². The maximum absolute atomic E-state index is 12.7. The van der Waals surface area contributed by atoms with Gasteiger partial charge in [0.2, 0.25) is 0 Å². The molecule has 0 bridgehead atoms. The third kappa shape index (κ3) is 4.60. The number of carbonyl (C=O) groups excluding carboxylic acids is 1. The average Bonchev–Trinajstić information content (AvgIpc) is 2.84. The average molecular weight is 342 g/mol. The van der Waals surface area contributed by atoms with Gasteiger partial charge < -0.3 is 0 Å². The molecule has 1 heterocycles. The standard InChI is InChI=1S/C16H17F3N2OS/c1-3-4-8-21-15(23-11(2)20-21)10-14(22)12-6-5-7-13(9-12)16(17,18)19/h5-7,9-10H,3-4,8H2,1-2H3. The van der Waals surface area contributed by atoms with Crippen LogP contribution in [0.5, 0.6) is 0 Å². The number of allylic oxidation sites excluding steroid dienone is 1. The summed E-state index contributed by atoms with van der Waals surface area (Å²) >= 11 is 1.35. The van der Waals surface area contributed by atoms with Gasteiger partial charge in [0.25, 0.3) is 0 Å². The van der Waals surface area contributed by atoms with Gasteiger partial charge in [-0.3, -0.25) is 9.80 Å². The molecule has 7 heteroatoms. The normalized spacial score (nSPS) is 16.8. The van der Waals surface area contributed by atoms with Crippen molar-refractivity contribution < 1.29 is 18.0 Å². The van der Waals surface area contributed by atoms with Crippen LogP contribution in [0.25, 0.3) is 0 Å². The number of thioether (sulfide) groups is 1. The fraction of sp³-hybridized carbons (Fsp3) is 0.375. The molecule has 0 radical (unpaired) electrons. The lowest BCUT2D eigenvalue weighted by molar-refractivity contribution is -0.137. The number of alkyl halides is 3. The van der Waals surface area contributed by atoms with Gasteiger partial charge in [-0.1, -0.05) is 37.2 Å². The molecule has 3 nitrogen and oxygen atoms in total. The zero-order valence-corrected chi connectivity index (χ0v) is 13.7.